The van der Waals surface area contributed by atoms with Crippen LogP contribution in [0.3, 0.4) is 0 Å². The minimum atomic E-state index is -3.81. The molecule has 8 heterocycles. The van der Waals surface area contributed by atoms with Crippen LogP contribution in [-0.4, -0.2) is 82.8 Å². The van der Waals surface area contributed by atoms with E-state index >= 15 is 0 Å². The standard InChI is InChI=1S/2C25H23N3O2S/c29-31(30,24-11-3-7-18-6-1-2-9-21(18)24)28-17-23(22-10-4-13-26-25(22)28)19-12-15-27-14-5-8-20(27)16-19;29-31(30,25-9-3-6-18-5-1-2-8-21(18)25)28-17-23(22-10-12-26-16-24(22)28)19-11-14-27-13-4-7-20(27)15-19/h1-4,6-7,9-13,17,20H,5,8,14-16H2;1-3,5-6,8-12,16-17,20H,4,7,13-15H2. The molecule has 0 radical (unpaired) electrons. The van der Waals surface area contributed by atoms with Crippen LogP contribution < -0.4 is 0 Å². The average Bonchev–Trinajstić information content (AvgIpc) is 4.14. The molecule has 0 bridgehead atoms. The summed E-state index contributed by atoms with van der Waals surface area (Å²) in [5, 5.41) is 5.11. The molecule has 4 aromatic heterocycles. The van der Waals surface area contributed by atoms with E-state index in [1.54, 1.807) is 55.2 Å². The van der Waals surface area contributed by atoms with Gasteiger partial charge in [-0.25, -0.2) is 29.8 Å². The molecular formula is C50H46N6O4S2. The molecule has 62 heavy (non-hydrogen) atoms. The van der Waals surface area contributed by atoms with Crippen molar-refractivity contribution in [1.82, 2.24) is 27.7 Å². The second-order valence-corrected chi connectivity index (χ2v) is 20.4. The van der Waals surface area contributed by atoms with E-state index in [1.165, 1.54) is 44.8 Å². The summed E-state index contributed by atoms with van der Waals surface area (Å²) in [5.41, 5.74) is 5.57. The molecule has 2 fully saturated rings. The molecule has 4 aromatic carbocycles. The highest BCUT2D eigenvalue weighted by molar-refractivity contribution is 7.90. The maximum Gasteiger partial charge on any atom is 0.270 e. The molecule has 312 valence electrons. The summed E-state index contributed by atoms with van der Waals surface area (Å²) in [5.74, 6) is 0. The van der Waals surface area contributed by atoms with E-state index in [1.807, 2.05) is 78.9 Å². The summed E-state index contributed by atoms with van der Waals surface area (Å²) < 4.78 is 58.2. The fourth-order valence-corrected chi connectivity index (χ4v) is 13.4. The lowest BCUT2D eigenvalue weighted by Crippen LogP contribution is -2.32. The molecule has 4 aliphatic rings. The van der Waals surface area contributed by atoms with Gasteiger partial charge in [-0.2, -0.15) is 0 Å². The Hall–Kier alpha value is -5.92. The fraction of sp³-hybridized carbons (Fsp3) is 0.240. The monoisotopic (exact) mass is 858 g/mol. The van der Waals surface area contributed by atoms with Crippen molar-refractivity contribution < 1.29 is 16.8 Å². The van der Waals surface area contributed by atoms with Crippen LogP contribution >= 0.6 is 0 Å². The van der Waals surface area contributed by atoms with Gasteiger partial charge < -0.3 is 0 Å². The van der Waals surface area contributed by atoms with Gasteiger partial charge in [-0.1, -0.05) is 84.9 Å². The van der Waals surface area contributed by atoms with E-state index < -0.39 is 20.0 Å². The molecule has 8 aromatic rings. The Bertz CT molecular complexity index is 3120. The molecular weight excluding hydrogens is 813 g/mol. The van der Waals surface area contributed by atoms with E-state index in [0.717, 1.165) is 82.5 Å². The Kier molecular flexibility index (Phi) is 9.72. The summed E-state index contributed by atoms with van der Waals surface area (Å²) in [6.07, 6.45) is 20.0. The van der Waals surface area contributed by atoms with Crippen molar-refractivity contribution in [3.8, 4) is 0 Å². The van der Waals surface area contributed by atoms with Gasteiger partial charge in [0, 0.05) is 82.6 Å². The molecule has 2 unspecified atom stereocenters. The van der Waals surface area contributed by atoms with Gasteiger partial charge in [0.25, 0.3) is 20.0 Å². The summed E-state index contributed by atoms with van der Waals surface area (Å²) in [6.45, 7) is 4.19. The van der Waals surface area contributed by atoms with Crippen LogP contribution in [0.15, 0.2) is 156 Å². The van der Waals surface area contributed by atoms with Crippen LogP contribution in [0, 0.1) is 0 Å². The number of pyridine rings is 2. The summed E-state index contributed by atoms with van der Waals surface area (Å²) in [4.78, 5) is 14.4. The van der Waals surface area contributed by atoms with Crippen molar-refractivity contribution in [2.75, 3.05) is 26.2 Å². The number of nitrogens with zero attached hydrogens (tertiary/aromatic N) is 6. The smallest absolute Gasteiger partial charge is 0.270 e. The first kappa shape index (κ1) is 39.0. The quantitative estimate of drug-likeness (QED) is 0.163. The Labute approximate surface area is 361 Å². The van der Waals surface area contributed by atoms with Gasteiger partial charge >= 0.3 is 0 Å². The lowest BCUT2D eigenvalue weighted by Gasteiger charge is -2.29. The third-order valence-corrected chi connectivity index (χ3v) is 16.9. The second kappa shape index (κ2) is 15.5. The molecule has 0 aliphatic carbocycles. The molecule has 4 aliphatic heterocycles. The van der Waals surface area contributed by atoms with E-state index in [0.29, 0.717) is 33.0 Å². The minimum absolute atomic E-state index is 0.305. The maximum absolute atomic E-state index is 13.8. The zero-order valence-corrected chi connectivity index (χ0v) is 35.8. The van der Waals surface area contributed by atoms with Crippen molar-refractivity contribution in [2.45, 2.75) is 60.4 Å². The van der Waals surface area contributed by atoms with Gasteiger partial charge in [-0.15, -0.1) is 0 Å². The van der Waals surface area contributed by atoms with Crippen LogP contribution in [0.2, 0.25) is 0 Å². The molecule has 0 amide bonds. The van der Waals surface area contributed by atoms with Crippen LogP contribution in [0.1, 0.15) is 49.7 Å². The van der Waals surface area contributed by atoms with E-state index in [2.05, 4.69) is 31.9 Å². The third kappa shape index (κ3) is 6.59. The van der Waals surface area contributed by atoms with Crippen LogP contribution in [-0.2, 0) is 20.0 Å². The van der Waals surface area contributed by atoms with E-state index in [4.69, 9.17) is 0 Å². The van der Waals surface area contributed by atoms with Gasteiger partial charge in [0.1, 0.15) is 0 Å². The highest BCUT2D eigenvalue weighted by Crippen LogP contribution is 2.39. The van der Waals surface area contributed by atoms with Crippen molar-refractivity contribution in [3.63, 3.8) is 0 Å². The Morgan fingerprint density at radius 3 is 1.69 bits per heavy atom. The number of hydrogen-bond acceptors (Lipinski definition) is 8. The maximum atomic E-state index is 13.8. The average molecular weight is 859 g/mol. The molecule has 0 N–H and O–H groups in total. The number of rotatable bonds is 6. The predicted molar refractivity (Wildman–Crippen MR) is 247 cm³/mol. The number of benzene rings is 4. The topological polar surface area (TPSA) is 110 Å². The summed E-state index contributed by atoms with van der Waals surface area (Å²) in [7, 11) is -7.60. The molecule has 12 rings (SSSR count). The van der Waals surface area contributed by atoms with Crippen LogP contribution in [0.5, 0.6) is 0 Å². The molecule has 10 nitrogen and oxygen atoms in total. The first-order valence-corrected chi connectivity index (χ1v) is 24.4. The predicted octanol–water partition coefficient (Wildman–Crippen LogP) is 9.36. The van der Waals surface area contributed by atoms with E-state index in [-0.39, 0.29) is 0 Å². The van der Waals surface area contributed by atoms with Crippen LogP contribution in [0.4, 0.5) is 0 Å². The van der Waals surface area contributed by atoms with Gasteiger partial charge in [-0.3, -0.25) is 14.8 Å². The van der Waals surface area contributed by atoms with Gasteiger partial charge in [0.2, 0.25) is 0 Å². The van der Waals surface area contributed by atoms with E-state index in [9.17, 15) is 16.8 Å². The summed E-state index contributed by atoms with van der Waals surface area (Å²) in [6, 6.07) is 33.0. The highest BCUT2D eigenvalue weighted by atomic mass is 32.2. The third-order valence-electron chi connectivity index (χ3n) is 13.4. The number of fused-ring (bicyclic) bond motifs is 6. The van der Waals surface area contributed by atoms with Crippen LogP contribution in [0.25, 0.3) is 54.6 Å². The van der Waals surface area contributed by atoms with Crippen molar-refractivity contribution in [1.29, 1.82) is 0 Å². The number of hydrogen-bond donors (Lipinski definition) is 0. The summed E-state index contributed by atoms with van der Waals surface area (Å²) >= 11 is 0. The molecule has 12 heteroatoms. The first-order valence-electron chi connectivity index (χ1n) is 21.5. The largest absolute Gasteiger partial charge is 0.296 e. The van der Waals surface area contributed by atoms with Crippen molar-refractivity contribution >= 4 is 74.7 Å². The highest BCUT2D eigenvalue weighted by Gasteiger charge is 2.32. The SMILES string of the molecule is O=S(=O)(c1cccc2ccccc12)n1cc(C2=CCN3CCCC3C2)c2cccnc21.O=S(=O)(c1cccc2ccccc12)n1cc(C2=CCN3CCCC3C2)c2ccncc21. The van der Waals surface area contributed by atoms with Crippen molar-refractivity contribution in [3.05, 3.63) is 157 Å². The lowest BCUT2D eigenvalue weighted by atomic mass is 9.94. The first-order chi connectivity index (χ1) is 30.3. The Morgan fingerprint density at radius 2 is 1.06 bits per heavy atom. The molecule has 2 saturated heterocycles. The molecule has 0 saturated carbocycles. The molecule has 2 atom stereocenters. The second-order valence-electron chi connectivity index (χ2n) is 16.9. The fourth-order valence-electron chi connectivity index (χ4n) is 10.3. The normalized spacial score (nSPS) is 19.6. The Balaban J connectivity index is 0.000000139. The zero-order valence-electron chi connectivity index (χ0n) is 34.2. The van der Waals surface area contributed by atoms with Gasteiger partial charge in [-0.05, 0) is 104 Å². The van der Waals surface area contributed by atoms with Gasteiger partial charge in [0.15, 0.2) is 5.65 Å². The zero-order chi connectivity index (χ0) is 42.0. The number of aromatic nitrogens is 4. The Morgan fingerprint density at radius 1 is 0.532 bits per heavy atom. The van der Waals surface area contributed by atoms with Crippen molar-refractivity contribution in [2.24, 2.45) is 0 Å². The minimum Gasteiger partial charge on any atom is -0.296 e. The molecule has 0 spiro atoms. The lowest BCUT2D eigenvalue weighted by molar-refractivity contribution is 0.275. The van der Waals surface area contributed by atoms with Gasteiger partial charge in [0.05, 0.1) is 21.5 Å².